The number of primary amides is 1. The summed E-state index contributed by atoms with van der Waals surface area (Å²) in [5.74, 6) is 0. The van der Waals surface area contributed by atoms with E-state index in [2.05, 4.69) is 5.32 Å². The van der Waals surface area contributed by atoms with Crippen LogP contribution < -0.4 is 11.1 Å². The molecule has 1 heterocycles. The highest BCUT2D eigenvalue weighted by Gasteiger charge is 2.27. The van der Waals surface area contributed by atoms with Crippen molar-refractivity contribution in [3.8, 4) is 0 Å². The highest BCUT2D eigenvalue weighted by Crippen LogP contribution is 2.04. The van der Waals surface area contributed by atoms with E-state index in [-0.39, 0.29) is 6.03 Å². The molecule has 0 aromatic heterocycles. The van der Waals surface area contributed by atoms with E-state index in [1.807, 2.05) is 7.05 Å². The first kappa shape index (κ1) is 6.35. The number of nitrogens with one attached hydrogen (secondary N) is 1. The zero-order valence-corrected chi connectivity index (χ0v) is 5.42. The highest BCUT2D eigenvalue weighted by molar-refractivity contribution is 5.73. The van der Waals surface area contributed by atoms with Crippen molar-refractivity contribution >= 4 is 6.03 Å². The summed E-state index contributed by atoms with van der Waals surface area (Å²) in [6.45, 7) is 1.51. The number of hydrogen-bond donors (Lipinski definition) is 2. The molecule has 0 aromatic carbocycles. The van der Waals surface area contributed by atoms with Crippen molar-refractivity contribution < 1.29 is 4.79 Å². The van der Waals surface area contributed by atoms with Crippen LogP contribution in [0.15, 0.2) is 0 Å². The summed E-state index contributed by atoms with van der Waals surface area (Å²) in [5, 5.41) is 3.04. The zero-order valence-electron chi connectivity index (χ0n) is 5.42. The van der Waals surface area contributed by atoms with Crippen LogP contribution in [0.5, 0.6) is 0 Å². The van der Waals surface area contributed by atoms with E-state index in [1.54, 1.807) is 4.90 Å². The monoisotopic (exact) mass is 129 g/mol. The van der Waals surface area contributed by atoms with Crippen molar-refractivity contribution in [1.29, 1.82) is 0 Å². The van der Waals surface area contributed by atoms with Gasteiger partial charge in [0.15, 0.2) is 0 Å². The molecule has 1 aliphatic heterocycles. The molecule has 0 aromatic rings. The Balaban J connectivity index is 2.19. The summed E-state index contributed by atoms with van der Waals surface area (Å²) < 4.78 is 0. The lowest BCUT2D eigenvalue weighted by atomic mass is 10.1. The van der Waals surface area contributed by atoms with Gasteiger partial charge in [-0.05, 0) is 7.05 Å². The number of urea groups is 1. The quantitative estimate of drug-likeness (QED) is 0.475. The third kappa shape index (κ3) is 1.13. The maximum atomic E-state index is 10.4. The SMILES string of the molecule is CNC1CN(C(N)=O)C1. The van der Waals surface area contributed by atoms with Gasteiger partial charge in [-0.1, -0.05) is 0 Å². The van der Waals surface area contributed by atoms with E-state index in [9.17, 15) is 4.79 Å². The van der Waals surface area contributed by atoms with Gasteiger partial charge in [0, 0.05) is 19.1 Å². The molecular formula is C5H11N3O. The molecule has 4 nitrogen and oxygen atoms in total. The summed E-state index contributed by atoms with van der Waals surface area (Å²) >= 11 is 0. The zero-order chi connectivity index (χ0) is 6.85. The predicted octanol–water partition coefficient (Wildman–Crippen LogP) is -1.03. The number of nitrogens with two attached hydrogens (primary N) is 1. The van der Waals surface area contributed by atoms with Gasteiger partial charge in [0.2, 0.25) is 0 Å². The van der Waals surface area contributed by atoms with Crippen LogP contribution in [-0.4, -0.2) is 37.1 Å². The number of hydrogen-bond acceptors (Lipinski definition) is 2. The molecule has 52 valence electrons. The second-order valence-corrected chi connectivity index (χ2v) is 2.23. The van der Waals surface area contributed by atoms with Crippen LogP contribution in [0.2, 0.25) is 0 Å². The lowest BCUT2D eigenvalue weighted by Crippen LogP contribution is -2.60. The molecule has 1 fully saturated rings. The van der Waals surface area contributed by atoms with Crippen LogP contribution in [0.1, 0.15) is 0 Å². The van der Waals surface area contributed by atoms with E-state index in [0.717, 1.165) is 13.1 Å². The lowest BCUT2D eigenvalue weighted by molar-refractivity contribution is 0.149. The van der Waals surface area contributed by atoms with Crippen molar-refractivity contribution in [2.24, 2.45) is 5.73 Å². The average molecular weight is 129 g/mol. The minimum atomic E-state index is -0.318. The fourth-order valence-corrected chi connectivity index (χ4v) is 0.841. The largest absolute Gasteiger partial charge is 0.351 e. The predicted molar refractivity (Wildman–Crippen MR) is 34.0 cm³/mol. The van der Waals surface area contributed by atoms with E-state index in [4.69, 9.17) is 5.73 Å². The first-order chi connectivity index (χ1) is 4.24. The summed E-state index contributed by atoms with van der Waals surface area (Å²) in [6, 6.07) is 0.138. The van der Waals surface area contributed by atoms with Gasteiger partial charge < -0.3 is 16.0 Å². The van der Waals surface area contributed by atoms with Gasteiger partial charge in [0.05, 0.1) is 0 Å². The minimum Gasteiger partial charge on any atom is -0.351 e. The number of amides is 2. The number of nitrogens with zero attached hydrogens (tertiary/aromatic N) is 1. The Morgan fingerprint density at radius 1 is 1.78 bits per heavy atom. The molecule has 0 saturated carbocycles. The van der Waals surface area contributed by atoms with Crippen LogP contribution in [0.25, 0.3) is 0 Å². The van der Waals surface area contributed by atoms with Crippen LogP contribution in [0, 0.1) is 0 Å². The Hall–Kier alpha value is -0.770. The molecular weight excluding hydrogens is 118 g/mol. The smallest absolute Gasteiger partial charge is 0.314 e. The van der Waals surface area contributed by atoms with Crippen molar-refractivity contribution in [3.05, 3.63) is 0 Å². The fraction of sp³-hybridized carbons (Fsp3) is 0.800. The van der Waals surface area contributed by atoms with E-state index < -0.39 is 0 Å². The van der Waals surface area contributed by atoms with Gasteiger partial charge in [-0.15, -0.1) is 0 Å². The molecule has 1 rings (SSSR count). The lowest BCUT2D eigenvalue weighted by Gasteiger charge is -2.37. The van der Waals surface area contributed by atoms with Gasteiger partial charge >= 0.3 is 6.03 Å². The molecule has 0 spiro atoms. The Kier molecular flexibility index (Phi) is 1.57. The van der Waals surface area contributed by atoms with Crippen molar-refractivity contribution in [1.82, 2.24) is 10.2 Å². The van der Waals surface area contributed by atoms with E-state index in [0.29, 0.717) is 6.04 Å². The molecule has 9 heavy (non-hydrogen) atoms. The van der Waals surface area contributed by atoms with E-state index in [1.165, 1.54) is 0 Å². The number of rotatable bonds is 1. The molecule has 0 unspecified atom stereocenters. The van der Waals surface area contributed by atoms with Gasteiger partial charge in [-0.2, -0.15) is 0 Å². The Labute approximate surface area is 54.0 Å². The molecule has 3 N–H and O–H groups in total. The average Bonchev–Trinajstić information content (AvgIpc) is 1.61. The van der Waals surface area contributed by atoms with Gasteiger partial charge in [0.1, 0.15) is 0 Å². The maximum absolute atomic E-state index is 10.4. The molecule has 4 heteroatoms. The van der Waals surface area contributed by atoms with Crippen LogP contribution >= 0.6 is 0 Å². The minimum absolute atomic E-state index is 0.318. The van der Waals surface area contributed by atoms with Gasteiger partial charge in [-0.3, -0.25) is 0 Å². The number of carbonyl (C=O) groups is 1. The Morgan fingerprint density at radius 3 is 2.67 bits per heavy atom. The highest BCUT2D eigenvalue weighted by atomic mass is 16.2. The summed E-state index contributed by atoms with van der Waals surface area (Å²) in [5.41, 5.74) is 4.97. The normalized spacial score (nSPS) is 19.4. The van der Waals surface area contributed by atoms with Crippen LogP contribution in [0.4, 0.5) is 4.79 Å². The molecule has 1 aliphatic rings. The molecule has 0 bridgehead atoms. The standard InChI is InChI=1S/C5H11N3O/c1-7-4-2-8(3-4)5(6)9/h4,7H,2-3H2,1H3,(H2,6,9). The first-order valence-electron chi connectivity index (χ1n) is 2.95. The Bertz CT molecular complexity index is 119. The number of carbonyl (C=O) groups excluding carboxylic acids is 1. The van der Waals surface area contributed by atoms with Crippen LogP contribution in [0.3, 0.4) is 0 Å². The van der Waals surface area contributed by atoms with E-state index >= 15 is 0 Å². The first-order valence-corrected chi connectivity index (χ1v) is 2.95. The van der Waals surface area contributed by atoms with Crippen molar-refractivity contribution in [2.75, 3.05) is 20.1 Å². The van der Waals surface area contributed by atoms with Gasteiger partial charge in [0.25, 0.3) is 0 Å². The van der Waals surface area contributed by atoms with Crippen molar-refractivity contribution in [2.45, 2.75) is 6.04 Å². The molecule has 1 saturated heterocycles. The van der Waals surface area contributed by atoms with Crippen LogP contribution in [-0.2, 0) is 0 Å². The Morgan fingerprint density at radius 2 is 2.33 bits per heavy atom. The molecule has 0 aliphatic carbocycles. The fourth-order valence-electron chi connectivity index (χ4n) is 0.841. The second-order valence-electron chi connectivity index (χ2n) is 2.23. The summed E-state index contributed by atoms with van der Waals surface area (Å²) in [6.07, 6.45) is 0. The summed E-state index contributed by atoms with van der Waals surface area (Å²) in [7, 11) is 1.88. The topological polar surface area (TPSA) is 58.4 Å². The summed E-state index contributed by atoms with van der Waals surface area (Å²) in [4.78, 5) is 12.0. The number of likely N-dealkylation sites (N-methyl/N-ethyl adjacent to an activating group) is 1. The molecule has 0 atom stereocenters. The second kappa shape index (κ2) is 2.23. The maximum Gasteiger partial charge on any atom is 0.314 e. The third-order valence-corrected chi connectivity index (χ3v) is 1.60. The molecule has 2 amide bonds. The third-order valence-electron chi connectivity index (χ3n) is 1.60. The van der Waals surface area contributed by atoms with Gasteiger partial charge in [-0.25, -0.2) is 4.79 Å². The molecule has 0 radical (unpaired) electrons. The number of likely N-dealkylation sites (tertiary alicyclic amines) is 1. The van der Waals surface area contributed by atoms with Crippen molar-refractivity contribution in [3.63, 3.8) is 0 Å².